The molecule has 0 bridgehead atoms. The summed E-state index contributed by atoms with van der Waals surface area (Å²) in [7, 11) is 0. The number of carbonyl (C=O) groups is 1. The maximum atomic E-state index is 14.1. The van der Waals surface area contributed by atoms with E-state index in [0.717, 1.165) is 11.6 Å². The van der Waals surface area contributed by atoms with Crippen molar-refractivity contribution in [1.29, 1.82) is 0 Å². The Kier molecular flexibility index (Phi) is 3.61. The fourth-order valence-corrected chi connectivity index (χ4v) is 3.22. The zero-order chi connectivity index (χ0) is 19.3. The van der Waals surface area contributed by atoms with Gasteiger partial charge in [-0.05, 0) is 18.2 Å². The molecular weight excluding hydrogens is 366 g/mol. The van der Waals surface area contributed by atoms with Crippen LogP contribution in [-0.4, -0.2) is 30.6 Å². The van der Waals surface area contributed by atoms with E-state index in [9.17, 15) is 13.6 Å². The van der Waals surface area contributed by atoms with E-state index in [-0.39, 0.29) is 24.4 Å². The van der Waals surface area contributed by atoms with Gasteiger partial charge in [-0.15, -0.1) is 0 Å². The number of nitrogens with one attached hydrogen (secondary N) is 1. The first-order valence-corrected chi connectivity index (χ1v) is 8.51. The molecule has 0 atom stereocenters. The second kappa shape index (κ2) is 6.15. The van der Waals surface area contributed by atoms with Crippen molar-refractivity contribution in [2.75, 3.05) is 5.32 Å². The van der Waals surface area contributed by atoms with Crippen LogP contribution in [0.25, 0.3) is 22.6 Å². The number of rotatable bonds is 3. The Hall–Kier alpha value is -3.75. The lowest BCUT2D eigenvalue weighted by molar-refractivity contribution is -0.115. The van der Waals surface area contributed by atoms with Crippen LogP contribution in [0.4, 0.5) is 14.6 Å². The summed E-state index contributed by atoms with van der Waals surface area (Å²) >= 11 is 0. The Morgan fingerprint density at radius 1 is 1.14 bits per heavy atom. The average Bonchev–Trinajstić information content (AvgIpc) is 3.24. The summed E-state index contributed by atoms with van der Waals surface area (Å²) in [5.74, 6) is -1.20. The van der Waals surface area contributed by atoms with Crippen LogP contribution in [0.2, 0.25) is 0 Å². The van der Waals surface area contributed by atoms with Crippen LogP contribution in [0.3, 0.4) is 0 Å². The molecule has 1 aliphatic heterocycles. The first kappa shape index (κ1) is 16.4. The molecule has 1 aliphatic rings. The Labute approximate surface area is 157 Å². The highest BCUT2D eigenvalue weighted by Gasteiger charge is 2.23. The SMILES string of the molecule is O=C1Cc2cnc(-c3nn(Cc4cccc(F)c4F)c4ncccc34)nc2N1. The fraction of sp³-hybridized carbons (Fsp3) is 0.105. The minimum Gasteiger partial charge on any atom is -0.310 e. The van der Waals surface area contributed by atoms with Crippen LogP contribution >= 0.6 is 0 Å². The van der Waals surface area contributed by atoms with Crippen molar-refractivity contribution in [2.24, 2.45) is 0 Å². The van der Waals surface area contributed by atoms with Gasteiger partial charge in [0.1, 0.15) is 11.5 Å². The molecule has 0 saturated carbocycles. The number of aromatic nitrogens is 5. The van der Waals surface area contributed by atoms with E-state index in [4.69, 9.17) is 0 Å². The van der Waals surface area contributed by atoms with Gasteiger partial charge >= 0.3 is 0 Å². The molecule has 0 fully saturated rings. The number of fused-ring (bicyclic) bond motifs is 2. The normalized spacial score (nSPS) is 13.0. The van der Waals surface area contributed by atoms with Crippen molar-refractivity contribution in [3.63, 3.8) is 0 Å². The summed E-state index contributed by atoms with van der Waals surface area (Å²) in [5.41, 5.74) is 1.82. The summed E-state index contributed by atoms with van der Waals surface area (Å²) < 4.78 is 29.1. The van der Waals surface area contributed by atoms with Crippen molar-refractivity contribution in [3.05, 3.63) is 65.5 Å². The third-order valence-electron chi connectivity index (χ3n) is 4.54. The van der Waals surface area contributed by atoms with Crippen molar-refractivity contribution in [2.45, 2.75) is 13.0 Å². The first-order chi connectivity index (χ1) is 13.6. The van der Waals surface area contributed by atoms with E-state index in [1.165, 1.54) is 16.8 Å². The van der Waals surface area contributed by atoms with Crippen LogP contribution in [0, 0.1) is 11.6 Å². The number of carbonyl (C=O) groups excluding carboxylic acids is 1. The lowest BCUT2D eigenvalue weighted by Crippen LogP contribution is -2.06. The number of halogens is 2. The lowest BCUT2D eigenvalue weighted by atomic mass is 10.2. The summed E-state index contributed by atoms with van der Waals surface area (Å²) in [6, 6.07) is 7.56. The zero-order valence-electron chi connectivity index (χ0n) is 14.4. The van der Waals surface area contributed by atoms with Crippen LogP contribution < -0.4 is 5.32 Å². The summed E-state index contributed by atoms with van der Waals surface area (Å²) in [5, 5.41) is 7.85. The standard InChI is InChI=1S/C19H12F2N6O/c20-13-5-1-3-10(15(13)21)9-27-19-12(4-2-6-22-19)16(26-27)18-23-8-11-7-14(28)24-17(11)25-18/h1-6,8H,7,9H2,(H,23,24,25,28). The third kappa shape index (κ3) is 2.59. The van der Waals surface area contributed by atoms with E-state index in [2.05, 4.69) is 25.4 Å². The topological polar surface area (TPSA) is 85.6 Å². The van der Waals surface area contributed by atoms with Crippen molar-refractivity contribution >= 4 is 22.8 Å². The smallest absolute Gasteiger partial charge is 0.230 e. The number of pyridine rings is 1. The van der Waals surface area contributed by atoms with E-state index in [0.29, 0.717) is 28.4 Å². The third-order valence-corrected chi connectivity index (χ3v) is 4.54. The van der Waals surface area contributed by atoms with Crippen LogP contribution in [0.1, 0.15) is 11.1 Å². The van der Waals surface area contributed by atoms with Gasteiger partial charge in [-0.25, -0.2) is 28.4 Å². The molecule has 0 spiro atoms. The van der Waals surface area contributed by atoms with Gasteiger partial charge in [0.05, 0.1) is 18.4 Å². The predicted molar refractivity (Wildman–Crippen MR) is 96.3 cm³/mol. The molecule has 1 aromatic carbocycles. The number of hydrogen-bond donors (Lipinski definition) is 1. The molecule has 4 aromatic rings. The van der Waals surface area contributed by atoms with E-state index >= 15 is 0 Å². The molecule has 1 amide bonds. The molecule has 7 nitrogen and oxygen atoms in total. The quantitative estimate of drug-likeness (QED) is 0.592. The predicted octanol–water partition coefficient (Wildman–Crippen LogP) is 2.71. The van der Waals surface area contributed by atoms with Crippen molar-refractivity contribution in [1.82, 2.24) is 24.7 Å². The molecule has 3 aromatic heterocycles. The van der Waals surface area contributed by atoms with E-state index in [1.54, 1.807) is 24.5 Å². The minimum absolute atomic E-state index is 0.00121. The lowest BCUT2D eigenvalue weighted by Gasteiger charge is -2.05. The molecule has 5 rings (SSSR count). The first-order valence-electron chi connectivity index (χ1n) is 8.51. The summed E-state index contributed by atoms with van der Waals surface area (Å²) in [4.78, 5) is 24.6. The molecule has 1 N–H and O–H groups in total. The van der Waals surface area contributed by atoms with Gasteiger partial charge in [-0.1, -0.05) is 12.1 Å². The highest BCUT2D eigenvalue weighted by Crippen LogP contribution is 2.28. The van der Waals surface area contributed by atoms with Crippen molar-refractivity contribution < 1.29 is 13.6 Å². The molecule has 9 heteroatoms. The number of nitrogens with zero attached hydrogens (tertiary/aromatic N) is 5. The van der Waals surface area contributed by atoms with Crippen molar-refractivity contribution in [3.8, 4) is 11.5 Å². The largest absolute Gasteiger partial charge is 0.310 e. The maximum Gasteiger partial charge on any atom is 0.230 e. The Morgan fingerprint density at radius 2 is 2.04 bits per heavy atom. The summed E-state index contributed by atoms with van der Waals surface area (Å²) in [6.45, 7) is -0.00121. The Morgan fingerprint density at radius 3 is 2.93 bits per heavy atom. The molecule has 0 radical (unpaired) electrons. The second-order valence-corrected chi connectivity index (χ2v) is 6.39. The Bertz CT molecular complexity index is 1250. The highest BCUT2D eigenvalue weighted by molar-refractivity contribution is 5.98. The van der Waals surface area contributed by atoms with Gasteiger partial charge in [-0.3, -0.25) is 4.79 Å². The number of hydrogen-bond acceptors (Lipinski definition) is 5. The molecule has 0 unspecified atom stereocenters. The molecular formula is C19H12F2N6O. The van der Waals surface area contributed by atoms with Gasteiger partial charge in [0.25, 0.3) is 0 Å². The molecule has 4 heterocycles. The maximum absolute atomic E-state index is 14.1. The number of anilines is 1. The average molecular weight is 378 g/mol. The molecule has 0 aliphatic carbocycles. The molecule has 0 saturated heterocycles. The number of benzene rings is 1. The molecule has 28 heavy (non-hydrogen) atoms. The summed E-state index contributed by atoms with van der Waals surface area (Å²) in [6.07, 6.45) is 3.42. The monoisotopic (exact) mass is 378 g/mol. The van der Waals surface area contributed by atoms with E-state index in [1.807, 2.05) is 0 Å². The van der Waals surface area contributed by atoms with Gasteiger partial charge in [-0.2, -0.15) is 5.10 Å². The van der Waals surface area contributed by atoms with Gasteiger partial charge in [0, 0.05) is 23.5 Å². The minimum atomic E-state index is -0.917. The fourth-order valence-electron chi connectivity index (χ4n) is 3.22. The van der Waals surface area contributed by atoms with Gasteiger partial charge < -0.3 is 5.32 Å². The van der Waals surface area contributed by atoms with Crippen LogP contribution in [0.15, 0.2) is 42.7 Å². The highest BCUT2D eigenvalue weighted by atomic mass is 19.2. The number of amides is 1. The van der Waals surface area contributed by atoms with Crippen LogP contribution in [-0.2, 0) is 17.8 Å². The van der Waals surface area contributed by atoms with Gasteiger partial charge in [0.15, 0.2) is 23.1 Å². The van der Waals surface area contributed by atoms with E-state index < -0.39 is 11.6 Å². The van der Waals surface area contributed by atoms with Crippen LogP contribution in [0.5, 0.6) is 0 Å². The zero-order valence-corrected chi connectivity index (χ0v) is 14.4. The van der Waals surface area contributed by atoms with Gasteiger partial charge in [0.2, 0.25) is 5.91 Å². The second-order valence-electron chi connectivity index (χ2n) is 6.39. The molecule has 138 valence electrons. The Balaban J connectivity index is 1.63.